The molecule has 0 amide bonds. The summed E-state index contributed by atoms with van der Waals surface area (Å²) < 4.78 is 10.8. The number of fused-ring (bicyclic) bond motifs is 1. The zero-order chi connectivity index (χ0) is 12.3. The van der Waals surface area contributed by atoms with Crippen molar-refractivity contribution in [3.8, 4) is 11.5 Å². The first-order chi connectivity index (χ1) is 8.31. The summed E-state index contributed by atoms with van der Waals surface area (Å²) >= 11 is 0. The lowest BCUT2D eigenvalue weighted by Crippen LogP contribution is -2.06. The molecule has 0 spiro atoms. The van der Waals surface area contributed by atoms with Crippen LogP contribution in [0.25, 0.3) is 5.57 Å². The molecule has 1 aromatic carbocycles. The summed E-state index contributed by atoms with van der Waals surface area (Å²) in [5, 5.41) is 9.12. The van der Waals surface area contributed by atoms with Crippen LogP contribution in [0.4, 0.5) is 0 Å². The standard InChI is InChI=1S/C14H18O3/c1-16-12-6-7-13(17-2)14-10(8-9-15)4-3-5-11(12)14/h4,6-7,15H,3,5,8-9H2,1-2H3. The third-order valence-corrected chi connectivity index (χ3v) is 3.16. The number of aliphatic hydroxyl groups excluding tert-OH is 1. The van der Waals surface area contributed by atoms with Crippen LogP contribution in [-0.4, -0.2) is 25.9 Å². The molecule has 1 aliphatic carbocycles. The van der Waals surface area contributed by atoms with Gasteiger partial charge in [-0.05, 0) is 37.0 Å². The topological polar surface area (TPSA) is 38.7 Å². The fourth-order valence-corrected chi connectivity index (χ4v) is 2.41. The van der Waals surface area contributed by atoms with Crippen LogP contribution in [0.2, 0.25) is 0 Å². The highest BCUT2D eigenvalue weighted by Crippen LogP contribution is 2.40. The van der Waals surface area contributed by atoms with Crippen molar-refractivity contribution in [2.45, 2.75) is 19.3 Å². The van der Waals surface area contributed by atoms with E-state index in [1.807, 2.05) is 12.1 Å². The molecule has 0 saturated carbocycles. The molecule has 0 saturated heterocycles. The van der Waals surface area contributed by atoms with Crippen molar-refractivity contribution in [2.75, 3.05) is 20.8 Å². The molecule has 3 heteroatoms. The molecule has 0 fully saturated rings. The Hall–Kier alpha value is -1.48. The van der Waals surface area contributed by atoms with Gasteiger partial charge in [0, 0.05) is 17.7 Å². The molecule has 1 aliphatic rings. The first-order valence-corrected chi connectivity index (χ1v) is 5.86. The predicted molar refractivity (Wildman–Crippen MR) is 67.5 cm³/mol. The molecule has 92 valence electrons. The van der Waals surface area contributed by atoms with Crippen LogP contribution in [0.3, 0.4) is 0 Å². The Morgan fingerprint density at radius 3 is 2.53 bits per heavy atom. The number of rotatable bonds is 4. The summed E-state index contributed by atoms with van der Waals surface area (Å²) in [4.78, 5) is 0. The van der Waals surface area contributed by atoms with E-state index in [2.05, 4.69) is 6.08 Å². The summed E-state index contributed by atoms with van der Waals surface area (Å²) in [7, 11) is 3.36. The van der Waals surface area contributed by atoms with Gasteiger partial charge in [-0.3, -0.25) is 0 Å². The Morgan fingerprint density at radius 1 is 1.18 bits per heavy atom. The van der Waals surface area contributed by atoms with Crippen LogP contribution in [-0.2, 0) is 6.42 Å². The molecule has 1 N–H and O–H groups in total. The lowest BCUT2D eigenvalue weighted by atomic mass is 9.88. The second-order valence-corrected chi connectivity index (χ2v) is 4.07. The first kappa shape index (κ1) is 12.0. The van der Waals surface area contributed by atoms with E-state index in [0.717, 1.165) is 35.5 Å². The van der Waals surface area contributed by atoms with Gasteiger partial charge in [-0.1, -0.05) is 6.08 Å². The second kappa shape index (κ2) is 5.23. The summed E-state index contributed by atoms with van der Waals surface area (Å²) in [5.74, 6) is 1.77. The monoisotopic (exact) mass is 234 g/mol. The molecule has 0 bridgehead atoms. The molecule has 3 nitrogen and oxygen atoms in total. The van der Waals surface area contributed by atoms with Crippen LogP contribution < -0.4 is 9.47 Å². The zero-order valence-electron chi connectivity index (χ0n) is 10.3. The number of aliphatic hydroxyl groups is 1. The second-order valence-electron chi connectivity index (χ2n) is 4.07. The van der Waals surface area contributed by atoms with Gasteiger partial charge in [0.05, 0.1) is 14.2 Å². The number of benzene rings is 1. The Bertz CT molecular complexity index is 435. The molecule has 17 heavy (non-hydrogen) atoms. The van der Waals surface area contributed by atoms with Gasteiger partial charge in [0.15, 0.2) is 0 Å². The van der Waals surface area contributed by atoms with Crippen molar-refractivity contribution >= 4 is 5.57 Å². The normalized spacial score (nSPS) is 13.9. The van der Waals surface area contributed by atoms with Crippen molar-refractivity contribution in [1.29, 1.82) is 0 Å². The summed E-state index contributed by atoms with van der Waals surface area (Å²) in [5.41, 5.74) is 3.45. The van der Waals surface area contributed by atoms with E-state index < -0.39 is 0 Å². The van der Waals surface area contributed by atoms with E-state index in [4.69, 9.17) is 14.6 Å². The van der Waals surface area contributed by atoms with E-state index in [1.165, 1.54) is 5.56 Å². The highest BCUT2D eigenvalue weighted by Gasteiger charge is 2.20. The van der Waals surface area contributed by atoms with Crippen LogP contribution in [0.5, 0.6) is 11.5 Å². The van der Waals surface area contributed by atoms with Gasteiger partial charge < -0.3 is 14.6 Å². The van der Waals surface area contributed by atoms with Crippen molar-refractivity contribution in [3.63, 3.8) is 0 Å². The zero-order valence-corrected chi connectivity index (χ0v) is 10.3. The van der Waals surface area contributed by atoms with Crippen LogP contribution in [0, 0.1) is 0 Å². The third kappa shape index (κ3) is 2.15. The average Bonchev–Trinajstić information content (AvgIpc) is 2.38. The summed E-state index contributed by atoms with van der Waals surface area (Å²) in [6.45, 7) is 0.158. The van der Waals surface area contributed by atoms with Crippen molar-refractivity contribution in [3.05, 3.63) is 29.3 Å². The molecule has 0 atom stereocenters. The maximum atomic E-state index is 9.12. The predicted octanol–water partition coefficient (Wildman–Crippen LogP) is 2.42. The van der Waals surface area contributed by atoms with E-state index in [9.17, 15) is 0 Å². The Labute approximate surface area is 102 Å². The minimum atomic E-state index is 0.158. The first-order valence-electron chi connectivity index (χ1n) is 5.86. The Balaban J connectivity index is 2.55. The number of hydrogen-bond acceptors (Lipinski definition) is 3. The molecule has 0 radical (unpaired) electrons. The van der Waals surface area contributed by atoms with Crippen LogP contribution >= 0.6 is 0 Å². The van der Waals surface area contributed by atoms with Crippen molar-refractivity contribution < 1.29 is 14.6 Å². The Morgan fingerprint density at radius 2 is 1.88 bits per heavy atom. The number of ether oxygens (including phenoxy) is 2. The van der Waals surface area contributed by atoms with Gasteiger partial charge in [0.25, 0.3) is 0 Å². The minimum absolute atomic E-state index is 0.158. The smallest absolute Gasteiger partial charge is 0.126 e. The van der Waals surface area contributed by atoms with Gasteiger partial charge in [-0.25, -0.2) is 0 Å². The number of methoxy groups -OCH3 is 2. The maximum absolute atomic E-state index is 9.12. The van der Waals surface area contributed by atoms with Crippen LogP contribution in [0.1, 0.15) is 24.0 Å². The molecule has 0 heterocycles. The maximum Gasteiger partial charge on any atom is 0.126 e. The molecular weight excluding hydrogens is 216 g/mol. The molecular formula is C14H18O3. The SMILES string of the molecule is COc1ccc(OC)c2c1CCC=C2CCO. The molecule has 1 aromatic rings. The number of allylic oxidation sites excluding steroid dienone is 1. The highest BCUT2D eigenvalue weighted by molar-refractivity contribution is 5.77. The van der Waals surface area contributed by atoms with Gasteiger partial charge >= 0.3 is 0 Å². The molecule has 0 aliphatic heterocycles. The van der Waals surface area contributed by atoms with Crippen LogP contribution in [0.15, 0.2) is 18.2 Å². The third-order valence-electron chi connectivity index (χ3n) is 3.16. The van der Waals surface area contributed by atoms with Gasteiger partial charge in [0.2, 0.25) is 0 Å². The quantitative estimate of drug-likeness (QED) is 0.869. The highest BCUT2D eigenvalue weighted by atomic mass is 16.5. The average molecular weight is 234 g/mol. The van der Waals surface area contributed by atoms with Crippen molar-refractivity contribution in [1.82, 2.24) is 0 Å². The van der Waals surface area contributed by atoms with Crippen molar-refractivity contribution in [2.24, 2.45) is 0 Å². The fraction of sp³-hybridized carbons (Fsp3) is 0.429. The molecule has 0 unspecified atom stereocenters. The summed E-state index contributed by atoms with van der Waals surface area (Å²) in [6.07, 6.45) is 4.80. The Kier molecular flexibility index (Phi) is 3.69. The lowest BCUT2D eigenvalue weighted by Gasteiger charge is -2.22. The summed E-state index contributed by atoms with van der Waals surface area (Å²) in [6, 6.07) is 3.87. The van der Waals surface area contributed by atoms with E-state index in [-0.39, 0.29) is 6.61 Å². The lowest BCUT2D eigenvalue weighted by molar-refractivity contribution is 0.304. The fourth-order valence-electron chi connectivity index (χ4n) is 2.41. The van der Waals surface area contributed by atoms with E-state index in [0.29, 0.717) is 6.42 Å². The number of hydrogen-bond donors (Lipinski definition) is 1. The molecule has 0 aromatic heterocycles. The van der Waals surface area contributed by atoms with E-state index in [1.54, 1.807) is 14.2 Å². The van der Waals surface area contributed by atoms with Gasteiger partial charge in [-0.2, -0.15) is 0 Å². The minimum Gasteiger partial charge on any atom is -0.496 e. The largest absolute Gasteiger partial charge is 0.496 e. The molecule has 2 rings (SSSR count). The van der Waals surface area contributed by atoms with Gasteiger partial charge in [0.1, 0.15) is 11.5 Å². The van der Waals surface area contributed by atoms with Gasteiger partial charge in [-0.15, -0.1) is 0 Å². The van der Waals surface area contributed by atoms with E-state index >= 15 is 0 Å².